The molecule has 1 rings (SSSR count). The Balaban J connectivity index is 1.83. The summed E-state index contributed by atoms with van der Waals surface area (Å²) in [5.41, 5.74) is 0. The van der Waals surface area contributed by atoms with Gasteiger partial charge in [-0.3, -0.25) is 9.59 Å². The summed E-state index contributed by atoms with van der Waals surface area (Å²) in [6, 6.07) is -0.828. The van der Waals surface area contributed by atoms with Crippen LogP contribution in [0.3, 0.4) is 0 Å². The molecule has 0 aromatic heterocycles. The second kappa shape index (κ2) is 68.3. The van der Waals surface area contributed by atoms with Crippen LogP contribution in [0.2, 0.25) is 0 Å². The summed E-state index contributed by atoms with van der Waals surface area (Å²) in [5, 5.41) is 54.3. The van der Waals surface area contributed by atoms with E-state index in [9.17, 15) is 35.1 Å². The fourth-order valence-electron chi connectivity index (χ4n) is 12.7. The summed E-state index contributed by atoms with van der Waals surface area (Å²) in [6.07, 6.45) is 79.4. The van der Waals surface area contributed by atoms with Crippen molar-refractivity contribution in [2.24, 2.45) is 0 Å². The predicted molar refractivity (Wildman–Crippen MR) is 380 cm³/mol. The van der Waals surface area contributed by atoms with Crippen LogP contribution in [-0.4, -0.2) is 100 Å². The number of hydrogen-bond donors (Lipinski definition) is 6. The van der Waals surface area contributed by atoms with E-state index in [4.69, 9.17) is 14.2 Å². The lowest BCUT2D eigenvalue weighted by atomic mass is 9.99. The smallest absolute Gasteiger partial charge is 0.305 e. The van der Waals surface area contributed by atoms with E-state index in [1.807, 2.05) is 19.1 Å². The molecule has 0 bridgehead atoms. The van der Waals surface area contributed by atoms with E-state index in [1.165, 1.54) is 308 Å². The van der Waals surface area contributed by atoms with Crippen molar-refractivity contribution in [3.8, 4) is 0 Å². The van der Waals surface area contributed by atoms with Crippen molar-refractivity contribution in [3.63, 3.8) is 0 Å². The topological polar surface area (TPSA) is 175 Å². The number of unbranched alkanes of at least 4 members (excludes halogenated alkanes) is 53. The molecule has 0 aromatic carbocycles. The molecule has 90 heavy (non-hydrogen) atoms. The van der Waals surface area contributed by atoms with E-state index < -0.39 is 49.5 Å². The van der Waals surface area contributed by atoms with E-state index in [2.05, 4.69) is 30.5 Å². The van der Waals surface area contributed by atoms with Gasteiger partial charge in [-0.1, -0.05) is 364 Å². The SMILES string of the molecule is C/C=C/CC/C=C/CC/C=C/C(O)C(COC1OC(CO)C(O)C(O)C1O)NC(=O)CCCCCCCCCCCCCCCCCCCCCCCCCCCCCCCCCCCCCCCCCOC(=O)CCCCCCCCCCCCCCCC. The van der Waals surface area contributed by atoms with E-state index in [1.54, 1.807) is 6.08 Å². The molecule has 0 aromatic rings. The van der Waals surface area contributed by atoms with Crippen LogP contribution < -0.4 is 5.32 Å². The number of rotatable bonds is 70. The monoisotopic (exact) mass is 1270 g/mol. The van der Waals surface area contributed by atoms with Crippen molar-refractivity contribution in [1.82, 2.24) is 5.32 Å². The van der Waals surface area contributed by atoms with Gasteiger partial charge in [-0.2, -0.15) is 0 Å². The summed E-state index contributed by atoms with van der Waals surface area (Å²) in [4.78, 5) is 25.1. The number of amides is 1. The van der Waals surface area contributed by atoms with Gasteiger partial charge in [0.2, 0.25) is 5.91 Å². The highest BCUT2D eigenvalue weighted by Gasteiger charge is 2.44. The molecule has 1 heterocycles. The van der Waals surface area contributed by atoms with Crippen molar-refractivity contribution in [3.05, 3.63) is 36.5 Å². The first-order valence-electron chi connectivity index (χ1n) is 39.2. The fourth-order valence-corrected chi connectivity index (χ4v) is 12.7. The average molecular weight is 1270 g/mol. The average Bonchev–Trinajstić information content (AvgIpc) is 0.983. The molecule has 7 atom stereocenters. The summed E-state index contributed by atoms with van der Waals surface area (Å²) in [7, 11) is 0. The van der Waals surface area contributed by atoms with Crippen LogP contribution in [0.25, 0.3) is 0 Å². The number of nitrogens with one attached hydrogen (secondary N) is 1. The Morgan fingerprint density at radius 2 is 0.744 bits per heavy atom. The van der Waals surface area contributed by atoms with Crippen LogP contribution in [0.5, 0.6) is 0 Å². The van der Waals surface area contributed by atoms with Gasteiger partial charge in [0.05, 0.1) is 32.0 Å². The summed E-state index contributed by atoms with van der Waals surface area (Å²) < 4.78 is 16.7. The summed E-state index contributed by atoms with van der Waals surface area (Å²) in [6.45, 7) is 4.14. The van der Waals surface area contributed by atoms with Gasteiger partial charge < -0.3 is 45.1 Å². The Morgan fingerprint density at radius 3 is 1.10 bits per heavy atom. The Bertz CT molecular complexity index is 1590. The molecule has 1 fully saturated rings. The minimum Gasteiger partial charge on any atom is -0.466 e. The largest absolute Gasteiger partial charge is 0.466 e. The van der Waals surface area contributed by atoms with Gasteiger partial charge in [0, 0.05) is 12.8 Å². The minimum absolute atomic E-state index is 0.0209. The molecular weight excluding hydrogens is 1120 g/mol. The number of ether oxygens (including phenoxy) is 3. The van der Waals surface area contributed by atoms with E-state index >= 15 is 0 Å². The molecule has 1 saturated heterocycles. The molecule has 1 amide bonds. The lowest BCUT2D eigenvalue weighted by molar-refractivity contribution is -0.302. The molecule has 0 aliphatic carbocycles. The number of esters is 1. The first-order chi connectivity index (χ1) is 44.2. The zero-order chi connectivity index (χ0) is 65.1. The van der Waals surface area contributed by atoms with Gasteiger partial charge in [0.15, 0.2) is 6.29 Å². The highest BCUT2D eigenvalue weighted by atomic mass is 16.7. The number of aliphatic hydroxyl groups excluding tert-OH is 5. The zero-order valence-corrected chi connectivity index (χ0v) is 59.1. The maximum atomic E-state index is 13.0. The third-order valence-electron chi connectivity index (χ3n) is 18.8. The number of carbonyl (C=O) groups is 2. The third kappa shape index (κ3) is 56.2. The molecule has 6 N–H and O–H groups in total. The zero-order valence-electron chi connectivity index (χ0n) is 59.1. The number of carbonyl (C=O) groups excluding carboxylic acids is 2. The molecule has 1 aliphatic rings. The lowest BCUT2D eigenvalue weighted by Gasteiger charge is -2.40. The molecule has 530 valence electrons. The van der Waals surface area contributed by atoms with Crippen molar-refractivity contribution < 1.29 is 49.3 Å². The molecule has 1 aliphatic heterocycles. The minimum atomic E-state index is -1.58. The molecule has 11 heteroatoms. The first-order valence-corrected chi connectivity index (χ1v) is 39.2. The Labute approximate surface area is 555 Å². The second-order valence-corrected chi connectivity index (χ2v) is 27.4. The van der Waals surface area contributed by atoms with Crippen LogP contribution >= 0.6 is 0 Å². The van der Waals surface area contributed by atoms with Crippen molar-refractivity contribution in [1.29, 1.82) is 0 Å². The highest BCUT2D eigenvalue weighted by molar-refractivity contribution is 5.76. The Kier molecular flexibility index (Phi) is 65.2. The fraction of sp³-hybridized carbons (Fsp3) is 0.899. The molecule has 0 saturated carbocycles. The van der Waals surface area contributed by atoms with Crippen LogP contribution in [0, 0.1) is 0 Å². The van der Waals surface area contributed by atoms with Gasteiger partial charge in [-0.25, -0.2) is 0 Å². The number of hydrogen-bond acceptors (Lipinski definition) is 10. The lowest BCUT2D eigenvalue weighted by Crippen LogP contribution is -2.60. The molecule has 11 nitrogen and oxygen atoms in total. The maximum Gasteiger partial charge on any atom is 0.305 e. The molecule has 0 radical (unpaired) electrons. The van der Waals surface area contributed by atoms with Crippen molar-refractivity contribution in [2.75, 3.05) is 19.8 Å². The second-order valence-electron chi connectivity index (χ2n) is 27.4. The number of aliphatic hydroxyl groups is 5. The summed E-state index contributed by atoms with van der Waals surface area (Å²) in [5.74, 6) is -0.171. The van der Waals surface area contributed by atoms with Crippen LogP contribution in [0.15, 0.2) is 36.5 Å². The van der Waals surface area contributed by atoms with E-state index in [0.717, 1.165) is 57.8 Å². The van der Waals surface area contributed by atoms with E-state index in [0.29, 0.717) is 19.4 Å². The van der Waals surface area contributed by atoms with E-state index in [-0.39, 0.29) is 18.5 Å². The number of allylic oxidation sites excluding steroid dienone is 5. The first kappa shape index (κ1) is 85.9. The van der Waals surface area contributed by atoms with Gasteiger partial charge in [0.1, 0.15) is 24.4 Å². The van der Waals surface area contributed by atoms with Crippen LogP contribution in [0.1, 0.15) is 393 Å². The molecular formula is C79H149NO10. The third-order valence-corrected chi connectivity index (χ3v) is 18.8. The van der Waals surface area contributed by atoms with Crippen molar-refractivity contribution in [2.45, 2.75) is 436 Å². The quantitative estimate of drug-likeness (QED) is 0.0195. The highest BCUT2D eigenvalue weighted by Crippen LogP contribution is 2.24. The molecule has 0 spiro atoms. The van der Waals surface area contributed by atoms with Crippen molar-refractivity contribution >= 4 is 11.9 Å². The van der Waals surface area contributed by atoms with Crippen LogP contribution in [-0.2, 0) is 23.8 Å². The molecule has 7 unspecified atom stereocenters. The van der Waals surface area contributed by atoms with Gasteiger partial charge in [0.25, 0.3) is 0 Å². The summed E-state index contributed by atoms with van der Waals surface area (Å²) >= 11 is 0. The Morgan fingerprint density at radius 1 is 0.422 bits per heavy atom. The van der Waals surface area contributed by atoms with Gasteiger partial charge >= 0.3 is 5.97 Å². The van der Waals surface area contributed by atoms with Gasteiger partial charge in [-0.05, 0) is 51.9 Å². The van der Waals surface area contributed by atoms with Crippen LogP contribution in [0.4, 0.5) is 0 Å². The van der Waals surface area contributed by atoms with Gasteiger partial charge in [-0.15, -0.1) is 0 Å². The maximum absolute atomic E-state index is 13.0. The Hall–Kier alpha value is -2.12. The predicted octanol–water partition coefficient (Wildman–Crippen LogP) is 20.9. The normalized spacial score (nSPS) is 17.8. The standard InChI is InChI=1S/C79H149NO10/c1-3-5-7-9-11-13-14-15-44-47-51-55-59-63-67-75(84)88-68-64-60-56-52-48-45-42-40-38-36-34-32-30-28-26-24-22-20-18-16-17-19-21-23-25-27-29-31-33-35-37-39-41-43-46-50-54-58-62-66-74(83)80-71(72(82)65-61-57-53-49-12-10-8-6-4-2)70-89-79-78(87)77(86)76(85)73(69-81)90-79/h4,6,12,49,61,65,71-73,76-79,81-82,85-87H,3,5,7-11,13-48,50-60,62-64,66-70H2,1-2H3,(H,80,83)/b6-4+,49-12+,65-61+.